The van der Waals surface area contributed by atoms with Crippen molar-refractivity contribution in [3.8, 4) is 10.4 Å². The average molecular weight is 1650 g/mol. The van der Waals surface area contributed by atoms with E-state index in [1.165, 1.54) is 97.6 Å². The molecular formula is C59H60BBr2Cl3F3N13O11S6. The highest BCUT2D eigenvalue weighted by Gasteiger charge is 2.52. The van der Waals surface area contributed by atoms with Crippen molar-refractivity contribution >= 4 is 184 Å². The van der Waals surface area contributed by atoms with E-state index in [-0.39, 0.29) is 69.0 Å². The van der Waals surface area contributed by atoms with Crippen LogP contribution in [-0.4, -0.2) is 133 Å². The second-order valence-electron chi connectivity index (χ2n) is 23.0. The topological polar surface area (TPSA) is 290 Å². The fraction of sp³-hybridized carbons (Fsp3) is 0.288. The number of amides is 3. The first-order valence-corrected chi connectivity index (χ1v) is 38.3. The number of hydrogen-bond donors (Lipinski definition) is 5. The van der Waals surface area contributed by atoms with E-state index in [4.69, 9.17) is 44.1 Å². The molecule has 4 atom stereocenters. The molecule has 3 aromatic carbocycles. The number of nitrogens with one attached hydrogen (secondary N) is 5. The number of aryl methyl sites for hydroxylation is 2. The maximum absolute atomic E-state index is 13.4. The summed E-state index contributed by atoms with van der Waals surface area (Å²) in [7, 11) is -4.45. The van der Waals surface area contributed by atoms with Gasteiger partial charge in [0.25, 0.3) is 26.3 Å². The van der Waals surface area contributed by atoms with E-state index in [0.717, 1.165) is 64.3 Å². The number of benzene rings is 3. The largest absolute Gasteiger partial charge is 0.498 e. The molecule has 0 saturated carbocycles. The van der Waals surface area contributed by atoms with Crippen LogP contribution in [0.5, 0.6) is 0 Å². The molecule has 2 unspecified atom stereocenters. The van der Waals surface area contributed by atoms with Gasteiger partial charge in [-0.05, 0) is 169 Å². The Morgan fingerprint density at radius 3 is 1.47 bits per heavy atom. The van der Waals surface area contributed by atoms with Gasteiger partial charge in [-0.3, -0.25) is 23.7 Å². The Labute approximate surface area is 607 Å². The van der Waals surface area contributed by atoms with Crippen molar-refractivity contribution in [1.82, 2.24) is 41.9 Å². The second kappa shape index (κ2) is 30.7. The number of rotatable bonds is 11. The van der Waals surface area contributed by atoms with E-state index in [0.29, 0.717) is 10.6 Å². The van der Waals surface area contributed by atoms with E-state index < -0.39 is 90.0 Å². The molecule has 12 rings (SSSR count). The number of halogens is 8. The van der Waals surface area contributed by atoms with Crippen LogP contribution in [0.25, 0.3) is 10.4 Å². The van der Waals surface area contributed by atoms with Crippen molar-refractivity contribution in [3.63, 3.8) is 0 Å². The fourth-order valence-electron chi connectivity index (χ4n) is 9.59. The summed E-state index contributed by atoms with van der Waals surface area (Å²) in [4.78, 5) is 41.2. The standard InChI is InChI=1S/C19H19ClFN5O3S2.C15H14BrClFN3O3S2.C15H10BrClFN3O3S2.C10H17BN2O2/c1-25-10-11(9-22-25)17-5-6-18(30-17)15-8-16(26(2)31(28,29)24-15)19(27)23-12-3-4-14(21)13(20)7-12;2*1-21-12(15(22)19-8-2-3-10(18)9(17)6-8)7-11(20-26(21,23)24)13-4-5-14(16)25-13;1-9(2)10(3,4)15-11(14-9)8-6-12-13(5)7-8/h3-7,9-10,15-16,24H,8H2,1-2H3,(H,23,27);2-6,11-12,20H,7H2,1H3,(H,19,22);2-7H,1H3,(H,19,22);6-7H,1-5H3/t15-,16?;11?,12-;;/m00../s1. The van der Waals surface area contributed by atoms with Crippen LogP contribution >= 0.6 is 101 Å². The smallest absolute Gasteiger partial charge is 0.399 e. The van der Waals surface area contributed by atoms with Crippen LogP contribution in [0.2, 0.25) is 15.1 Å². The van der Waals surface area contributed by atoms with Gasteiger partial charge in [0, 0.05) is 96.5 Å². The van der Waals surface area contributed by atoms with E-state index in [1.54, 1.807) is 33.9 Å². The zero-order chi connectivity index (χ0) is 71.7. The van der Waals surface area contributed by atoms with Gasteiger partial charge in [-0.1, -0.05) is 34.8 Å². The molecule has 0 bridgehead atoms. The Morgan fingerprint density at radius 1 is 0.602 bits per heavy atom. The monoisotopic (exact) mass is 1650 g/mol. The molecule has 4 aliphatic rings. The van der Waals surface area contributed by atoms with Gasteiger partial charge in [0.1, 0.15) is 35.2 Å². The molecule has 522 valence electrons. The Balaban J connectivity index is 0.000000157. The molecule has 0 radical (unpaired) electrons. The molecule has 98 heavy (non-hydrogen) atoms. The summed E-state index contributed by atoms with van der Waals surface area (Å²) in [6.07, 6.45) is 9.16. The normalized spacial score (nSPS) is 20.6. The second-order valence-corrected chi connectivity index (χ2v) is 35.5. The SMILES string of the molecule is CN1C(C(=O)Nc2ccc(F)c(Cl)c2)=CC(c2ccc(Br)s2)=NS1(=O)=O.CN1C(C(=O)Nc2ccc(F)c(Cl)c2)C[C@@H](c2ccc(-c3cnn(C)c3)s2)NS1(=O)=O.CN1[C@H](C(=O)Nc2ccc(F)c(Cl)c2)CC(c2ccc(Br)s2)NS1(=O)=O.Cn1cc(B2OC(C)(C)C(C)(C)O2)cn1. The summed E-state index contributed by atoms with van der Waals surface area (Å²) < 4.78 is 143. The number of nitrogens with zero attached hydrogens (tertiary/aromatic N) is 8. The molecular weight excluding hydrogens is 1590 g/mol. The molecule has 24 nitrogen and oxygen atoms in total. The third-order valence-electron chi connectivity index (χ3n) is 15.7. The first-order valence-electron chi connectivity index (χ1n) is 28.8. The predicted molar refractivity (Wildman–Crippen MR) is 383 cm³/mol. The van der Waals surface area contributed by atoms with Gasteiger partial charge in [0.05, 0.1) is 62.7 Å². The van der Waals surface area contributed by atoms with Gasteiger partial charge in [0.15, 0.2) is 0 Å². The molecule has 3 amide bonds. The maximum Gasteiger partial charge on any atom is 0.498 e. The molecule has 3 fully saturated rings. The third kappa shape index (κ3) is 18.2. The van der Waals surface area contributed by atoms with Gasteiger partial charge >= 0.3 is 17.3 Å². The minimum absolute atomic E-state index is 0.125. The number of aromatic nitrogens is 4. The number of anilines is 3. The van der Waals surface area contributed by atoms with Crippen LogP contribution in [0.15, 0.2) is 140 Å². The van der Waals surface area contributed by atoms with Gasteiger partial charge in [-0.25, -0.2) is 17.5 Å². The lowest BCUT2D eigenvalue weighted by Crippen LogP contribution is -2.55. The number of thiophene rings is 3. The van der Waals surface area contributed by atoms with E-state index in [2.05, 4.69) is 71.8 Å². The van der Waals surface area contributed by atoms with Gasteiger partial charge in [-0.2, -0.15) is 53.5 Å². The molecule has 0 spiro atoms. The summed E-state index contributed by atoms with van der Waals surface area (Å²) in [6.45, 7) is 8.18. The van der Waals surface area contributed by atoms with Crippen molar-refractivity contribution in [2.45, 2.75) is 75.9 Å². The van der Waals surface area contributed by atoms with Crippen molar-refractivity contribution in [3.05, 3.63) is 182 Å². The third-order valence-corrected chi connectivity index (χ3v) is 25.7. The maximum atomic E-state index is 13.4. The summed E-state index contributed by atoms with van der Waals surface area (Å²) >= 11 is 27.9. The van der Waals surface area contributed by atoms with Crippen LogP contribution in [-0.2, 0) is 68.4 Å². The Bertz CT molecular complexity index is 4760. The van der Waals surface area contributed by atoms with Gasteiger partial charge in [-0.15, -0.1) is 38.4 Å². The summed E-state index contributed by atoms with van der Waals surface area (Å²) in [6, 6.07) is 19.1. The molecule has 5 aromatic heterocycles. The van der Waals surface area contributed by atoms with Crippen LogP contribution in [0.1, 0.15) is 67.3 Å². The molecule has 9 heterocycles. The lowest BCUT2D eigenvalue weighted by molar-refractivity contribution is -0.120. The Kier molecular flexibility index (Phi) is 23.9. The molecule has 0 aliphatic carbocycles. The van der Waals surface area contributed by atoms with Crippen LogP contribution in [0.4, 0.5) is 30.2 Å². The molecule has 4 aliphatic heterocycles. The fourth-order valence-corrected chi connectivity index (χ4v) is 17.7. The minimum Gasteiger partial charge on any atom is -0.399 e. The summed E-state index contributed by atoms with van der Waals surface area (Å²) in [5.41, 5.74) is 2.17. The van der Waals surface area contributed by atoms with Crippen molar-refractivity contribution < 1.29 is 62.1 Å². The average Bonchev–Trinajstić information content (AvgIpc) is 1.24. The quantitative estimate of drug-likeness (QED) is 0.0754. The van der Waals surface area contributed by atoms with E-state index >= 15 is 0 Å². The lowest BCUT2D eigenvalue weighted by atomic mass is 9.82. The van der Waals surface area contributed by atoms with Gasteiger partial charge in [0.2, 0.25) is 11.8 Å². The highest BCUT2D eigenvalue weighted by atomic mass is 79.9. The van der Waals surface area contributed by atoms with Gasteiger partial charge < -0.3 is 25.3 Å². The van der Waals surface area contributed by atoms with E-state index in [9.17, 15) is 52.8 Å². The van der Waals surface area contributed by atoms with Crippen LogP contribution < -0.4 is 30.9 Å². The lowest BCUT2D eigenvalue weighted by Gasteiger charge is -2.35. The van der Waals surface area contributed by atoms with Crippen molar-refractivity contribution in [1.29, 1.82) is 0 Å². The highest BCUT2D eigenvalue weighted by molar-refractivity contribution is 9.11. The first-order chi connectivity index (χ1) is 45.8. The van der Waals surface area contributed by atoms with Crippen LogP contribution in [0.3, 0.4) is 0 Å². The van der Waals surface area contributed by atoms with Crippen molar-refractivity contribution in [2.75, 3.05) is 37.1 Å². The molecule has 39 heteroatoms. The highest BCUT2D eigenvalue weighted by Crippen LogP contribution is 2.39. The van der Waals surface area contributed by atoms with E-state index in [1.807, 2.05) is 78.4 Å². The first kappa shape index (κ1) is 76.3. The summed E-state index contributed by atoms with van der Waals surface area (Å²) in [5.74, 6) is -3.57. The number of likely N-dealkylation sites (N-methyl/N-ethyl adjacent to an activating group) is 3. The zero-order valence-electron chi connectivity index (χ0n) is 52.9. The molecule has 3 saturated heterocycles. The molecule has 8 aromatic rings. The minimum atomic E-state index is -4.05. The predicted octanol–water partition coefficient (Wildman–Crippen LogP) is 11.2. The zero-order valence-corrected chi connectivity index (χ0v) is 63.2. The Morgan fingerprint density at radius 2 is 1.04 bits per heavy atom. The van der Waals surface area contributed by atoms with Crippen LogP contribution in [0, 0.1) is 17.5 Å². The number of hydrogen-bond acceptors (Lipinski definition) is 16. The van der Waals surface area contributed by atoms with Crippen molar-refractivity contribution in [2.24, 2.45) is 18.5 Å². The number of allylic oxidation sites excluding steroid dienone is 1. The summed E-state index contributed by atoms with van der Waals surface area (Å²) in [5, 5.41) is 15.6. The Hall–Kier alpha value is -5.91. The number of carbonyl (C=O) groups is 3. The number of carbonyl (C=O) groups excluding carboxylic acids is 3. The molecule has 5 N–H and O–H groups in total.